The number of nitrogens with zero attached hydrogens (tertiary/aromatic N) is 4. The maximum Gasteiger partial charge on any atom is 0.417 e. The number of carbonyl (C=O) groups excluding carboxylic acids is 1. The van der Waals surface area contributed by atoms with Crippen molar-refractivity contribution in [2.45, 2.75) is 108 Å². The zero-order chi connectivity index (χ0) is 34.8. The van der Waals surface area contributed by atoms with Crippen LogP contribution in [0, 0.1) is 22.7 Å². The molecule has 4 saturated carbocycles. The first-order valence-electron chi connectivity index (χ1n) is 16.3. The molecule has 48 heavy (non-hydrogen) atoms. The Morgan fingerprint density at radius 1 is 1.00 bits per heavy atom. The Morgan fingerprint density at radius 3 is 2.17 bits per heavy atom. The highest BCUT2D eigenvalue weighted by Gasteiger charge is 2.63. The molecule has 0 aliphatic heterocycles. The van der Waals surface area contributed by atoms with Crippen LogP contribution in [0.25, 0.3) is 11.1 Å². The van der Waals surface area contributed by atoms with E-state index in [0.29, 0.717) is 23.8 Å². The van der Waals surface area contributed by atoms with Gasteiger partial charge in [0.25, 0.3) is 5.89 Å². The van der Waals surface area contributed by atoms with Gasteiger partial charge in [-0.15, -0.1) is 0 Å². The highest BCUT2D eigenvalue weighted by Crippen LogP contribution is 2.58. The number of fused-ring (bicyclic) bond motifs is 3. The summed E-state index contributed by atoms with van der Waals surface area (Å²) < 4.78 is 66.1. The largest absolute Gasteiger partial charge is 0.473 e. The molecule has 3 aromatic rings. The molecule has 4 aliphatic rings. The van der Waals surface area contributed by atoms with Gasteiger partial charge in [0, 0.05) is 23.6 Å². The SMILES string of the molecule is CC(C)(C#N)Oc1ccc(-c2cccc(N(CC34CCC(c5noc(C(C)(C)F)n5)(CC3)CC4)C(=O)C3CC(O)(C(F)(F)F)C3)c2)cc1. The molecule has 1 amide bonds. The fraction of sp³-hybridized carbons (Fsp3) is 0.556. The van der Waals surface area contributed by atoms with Crippen LogP contribution < -0.4 is 9.64 Å². The molecule has 2 aromatic carbocycles. The number of ether oxygens (including phenoxy) is 1. The molecule has 7 rings (SSSR count). The molecule has 4 fully saturated rings. The minimum absolute atomic E-state index is 0.0570. The van der Waals surface area contributed by atoms with E-state index in [1.807, 2.05) is 30.3 Å². The summed E-state index contributed by atoms with van der Waals surface area (Å²) in [5.41, 5.74) is -4.06. The topological polar surface area (TPSA) is 112 Å². The van der Waals surface area contributed by atoms with Gasteiger partial charge < -0.3 is 19.3 Å². The first kappa shape index (κ1) is 33.9. The van der Waals surface area contributed by atoms with Crippen molar-refractivity contribution in [2.75, 3.05) is 11.4 Å². The van der Waals surface area contributed by atoms with Crippen LogP contribution in [0.2, 0.25) is 0 Å². The molecule has 1 heterocycles. The van der Waals surface area contributed by atoms with Gasteiger partial charge in [-0.3, -0.25) is 4.79 Å². The molecule has 0 atom stereocenters. The van der Waals surface area contributed by atoms with Gasteiger partial charge in [0.05, 0.1) is 0 Å². The quantitative estimate of drug-likeness (QED) is 0.230. The third-order valence-electron chi connectivity index (χ3n) is 10.6. The van der Waals surface area contributed by atoms with E-state index in [-0.39, 0.29) is 16.7 Å². The highest BCUT2D eigenvalue weighted by atomic mass is 19.4. The fourth-order valence-corrected chi connectivity index (χ4v) is 7.42. The molecular weight excluding hydrogens is 628 g/mol. The first-order chi connectivity index (χ1) is 22.4. The van der Waals surface area contributed by atoms with Crippen LogP contribution >= 0.6 is 0 Å². The smallest absolute Gasteiger partial charge is 0.417 e. The van der Waals surface area contributed by atoms with Gasteiger partial charge >= 0.3 is 6.18 Å². The Morgan fingerprint density at radius 2 is 1.62 bits per heavy atom. The van der Waals surface area contributed by atoms with Gasteiger partial charge in [0.1, 0.15) is 11.8 Å². The Kier molecular flexibility index (Phi) is 8.17. The molecule has 0 saturated heterocycles. The van der Waals surface area contributed by atoms with E-state index in [0.717, 1.165) is 49.7 Å². The Balaban J connectivity index is 1.25. The molecule has 8 nitrogen and oxygen atoms in total. The second-order valence-electron chi connectivity index (χ2n) is 15.0. The van der Waals surface area contributed by atoms with Crippen molar-refractivity contribution in [3.05, 3.63) is 60.2 Å². The number of hydrogen-bond donors (Lipinski definition) is 1. The van der Waals surface area contributed by atoms with Crippen molar-refractivity contribution in [1.29, 1.82) is 5.26 Å². The molecule has 12 heteroatoms. The summed E-state index contributed by atoms with van der Waals surface area (Å²) in [5.74, 6) is -0.433. The van der Waals surface area contributed by atoms with E-state index in [1.165, 1.54) is 13.8 Å². The van der Waals surface area contributed by atoms with Crippen molar-refractivity contribution in [3.8, 4) is 22.9 Å². The van der Waals surface area contributed by atoms with E-state index < -0.39 is 47.7 Å². The van der Waals surface area contributed by atoms with Crippen LogP contribution in [-0.2, 0) is 15.9 Å². The number of aliphatic hydroxyl groups is 1. The van der Waals surface area contributed by atoms with Crippen LogP contribution in [-0.4, -0.2) is 45.1 Å². The van der Waals surface area contributed by atoms with Gasteiger partial charge in [0.2, 0.25) is 5.91 Å². The number of rotatable bonds is 9. The molecule has 0 unspecified atom stereocenters. The highest BCUT2D eigenvalue weighted by molar-refractivity contribution is 5.96. The molecule has 1 N–H and O–H groups in total. The van der Waals surface area contributed by atoms with E-state index in [1.54, 1.807) is 36.9 Å². The lowest BCUT2D eigenvalue weighted by atomic mass is 9.53. The average molecular weight is 669 g/mol. The van der Waals surface area contributed by atoms with Crippen molar-refractivity contribution in [3.63, 3.8) is 0 Å². The van der Waals surface area contributed by atoms with Crippen molar-refractivity contribution in [1.82, 2.24) is 10.1 Å². The number of nitriles is 1. The number of alkyl halides is 4. The van der Waals surface area contributed by atoms with E-state index in [9.17, 15) is 32.7 Å². The minimum atomic E-state index is -4.81. The van der Waals surface area contributed by atoms with Crippen molar-refractivity contribution in [2.24, 2.45) is 11.3 Å². The normalized spacial score (nSPS) is 27.2. The summed E-state index contributed by atoms with van der Waals surface area (Å²) >= 11 is 0. The Hall–Kier alpha value is -3.98. The number of hydrogen-bond acceptors (Lipinski definition) is 7. The summed E-state index contributed by atoms with van der Waals surface area (Å²) in [6.45, 7) is 6.39. The third-order valence-corrected chi connectivity index (χ3v) is 10.6. The molecule has 4 aliphatic carbocycles. The maximum atomic E-state index is 14.5. The van der Waals surface area contributed by atoms with Gasteiger partial charge in [-0.05, 0) is 120 Å². The zero-order valence-corrected chi connectivity index (χ0v) is 27.5. The van der Waals surface area contributed by atoms with Gasteiger partial charge in [-0.1, -0.05) is 29.4 Å². The fourth-order valence-electron chi connectivity index (χ4n) is 7.42. The third kappa shape index (κ3) is 6.29. The van der Waals surface area contributed by atoms with Gasteiger partial charge in [-0.25, -0.2) is 4.39 Å². The van der Waals surface area contributed by atoms with Crippen LogP contribution in [0.4, 0.5) is 23.2 Å². The van der Waals surface area contributed by atoms with E-state index in [2.05, 4.69) is 16.2 Å². The summed E-state index contributed by atoms with van der Waals surface area (Å²) in [6, 6.07) is 16.6. The molecule has 2 bridgehead atoms. The number of benzene rings is 2. The van der Waals surface area contributed by atoms with Crippen LogP contribution in [0.15, 0.2) is 53.1 Å². The Bertz CT molecular complexity index is 1690. The minimum Gasteiger partial charge on any atom is -0.473 e. The molecule has 256 valence electrons. The monoisotopic (exact) mass is 668 g/mol. The van der Waals surface area contributed by atoms with Gasteiger partial charge in [0.15, 0.2) is 22.7 Å². The Labute approximate surface area is 277 Å². The number of halogens is 4. The van der Waals surface area contributed by atoms with Crippen LogP contribution in [0.1, 0.15) is 90.8 Å². The second kappa shape index (κ2) is 11.6. The van der Waals surface area contributed by atoms with Crippen LogP contribution in [0.5, 0.6) is 5.75 Å². The summed E-state index contributed by atoms with van der Waals surface area (Å²) in [5, 5.41) is 23.6. The lowest BCUT2D eigenvalue weighted by molar-refractivity contribution is -0.295. The molecule has 0 spiro atoms. The standard InChI is InChI=1S/C36H40F4N4O4/c1-31(2,21-41)47-27-10-8-23(9-11-27)24-6-5-7-26(18-24)44(28(45)25-19-35(46,20-25)36(38,39)40)22-33-12-15-34(16-13-33,17-14-33)29-42-30(48-43-29)32(3,4)37/h5-11,18,25,46H,12-17,19-20,22H2,1-4H3. The lowest BCUT2D eigenvalue weighted by Gasteiger charge is -2.54. The summed E-state index contributed by atoms with van der Waals surface area (Å²) in [7, 11) is 0. The maximum absolute atomic E-state index is 14.5. The van der Waals surface area contributed by atoms with Gasteiger partial charge in [-0.2, -0.15) is 23.4 Å². The average Bonchev–Trinajstić information content (AvgIpc) is 3.55. The van der Waals surface area contributed by atoms with E-state index in [4.69, 9.17) is 9.26 Å². The number of carbonyl (C=O) groups is 1. The predicted molar refractivity (Wildman–Crippen MR) is 169 cm³/mol. The molecule has 0 radical (unpaired) electrons. The first-order valence-corrected chi connectivity index (χ1v) is 16.3. The van der Waals surface area contributed by atoms with Crippen molar-refractivity contribution < 1.29 is 36.7 Å². The lowest BCUT2D eigenvalue weighted by Crippen LogP contribution is -2.60. The second-order valence-corrected chi connectivity index (χ2v) is 15.0. The number of anilines is 1. The molecule has 1 aromatic heterocycles. The predicted octanol–water partition coefficient (Wildman–Crippen LogP) is 7.95. The van der Waals surface area contributed by atoms with E-state index >= 15 is 0 Å². The van der Waals surface area contributed by atoms with Crippen molar-refractivity contribution >= 4 is 11.6 Å². The van der Waals surface area contributed by atoms with Crippen LogP contribution in [0.3, 0.4) is 0 Å². The number of amides is 1. The number of aromatic nitrogens is 2. The summed E-state index contributed by atoms with van der Waals surface area (Å²) in [6.07, 6.45) is -1.81. The molecular formula is C36H40F4N4O4. The zero-order valence-electron chi connectivity index (χ0n) is 27.5. The summed E-state index contributed by atoms with van der Waals surface area (Å²) in [4.78, 5) is 20.1.